The van der Waals surface area contributed by atoms with Crippen LogP contribution in [0.5, 0.6) is 0 Å². The normalized spacial score (nSPS) is 10.4. The van der Waals surface area contributed by atoms with Crippen molar-refractivity contribution in [3.8, 4) is 0 Å². The molecule has 0 bridgehead atoms. The smallest absolute Gasteiger partial charge is 0.308 e. The first-order valence-electron chi connectivity index (χ1n) is 4.32. The van der Waals surface area contributed by atoms with Gasteiger partial charge in [-0.1, -0.05) is 13.8 Å². The van der Waals surface area contributed by atoms with Crippen molar-refractivity contribution in [3.63, 3.8) is 0 Å². The molecule has 0 aliphatic carbocycles. The Morgan fingerprint density at radius 2 is 2.38 bits per heavy atom. The Morgan fingerprint density at radius 3 is 2.92 bits per heavy atom. The molecule has 0 saturated heterocycles. The maximum atomic E-state index is 11.0. The van der Waals surface area contributed by atoms with Crippen molar-refractivity contribution >= 4 is 5.97 Å². The van der Waals surface area contributed by atoms with Crippen LogP contribution >= 0.6 is 0 Å². The maximum Gasteiger partial charge on any atom is 0.308 e. The number of rotatable bonds is 4. The Bertz CT molecular complexity index is 255. The molecule has 0 atom stereocenters. The van der Waals surface area contributed by atoms with Gasteiger partial charge in [-0.25, -0.2) is 4.98 Å². The van der Waals surface area contributed by atoms with Gasteiger partial charge in [0.1, 0.15) is 6.61 Å². The second-order valence-corrected chi connectivity index (χ2v) is 3.12. The van der Waals surface area contributed by atoms with E-state index in [1.807, 2.05) is 24.6 Å². The first-order chi connectivity index (χ1) is 6.20. The number of carbonyl (C=O) groups excluding carboxylic acids is 1. The van der Waals surface area contributed by atoms with Gasteiger partial charge in [0.25, 0.3) is 0 Å². The fourth-order valence-electron chi connectivity index (χ4n) is 0.837. The van der Waals surface area contributed by atoms with Crippen molar-refractivity contribution in [2.45, 2.75) is 20.4 Å². The highest BCUT2D eigenvalue weighted by Crippen LogP contribution is 1.96. The van der Waals surface area contributed by atoms with Gasteiger partial charge in [0.2, 0.25) is 0 Å². The number of nitrogens with zero attached hydrogens (tertiary/aromatic N) is 2. The number of aromatic nitrogens is 2. The SMILES string of the molecule is CC(C)C(=O)OCCn1ccnc1. The van der Waals surface area contributed by atoms with E-state index in [0.717, 1.165) is 0 Å². The minimum absolute atomic E-state index is 0.0530. The fourth-order valence-corrected chi connectivity index (χ4v) is 0.837. The van der Waals surface area contributed by atoms with Gasteiger partial charge < -0.3 is 9.30 Å². The molecule has 0 aliphatic heterocycles. The van der Waals surface area contributed by atoms with E-state index < -0.39 is 0 Å². The molecule has 0 spiro atoms. The average molecular weight is 182 g/mol. The molecule has 0 amide bonds. The maximum absolute atomic E-state index is 11.0. The first-order valence-corrected chi connectivity index (χ1v) is 4.32. The zero-order valence-corrected chi connectivity index (χ0v) is 7.93. The zero-order valence-electron chi connectivity index (χ0n) is 7.93. The van der Waals surface area contributed by atoms with E-state index in [2.05, 4.69) is 4.98 Å². The largest absolute Gasteiger partial charge is 0.464 e. The highest BCUT2D eigenvalue weighted by molar-refractivity contribution is 5.71. The molecular formula is C9H14N2O2. The summed E-state index contributed by atoms with van der Waals surface area (Å²) in [5, 5.41) is 0. The van der Waals surface area contributed by atoms with Gasteiger partial charge in [0.05, 0.1) is 18.8 Å². The molecule has 0 unspecified atom stereocenters. The standard InChI is InChI=1S/C9H14N2O2/c1-8(2)9(12)13-6-5-11-4-3-10-7-11/h3-4,7-8H,5-6H2,1-2H3. The van der Waals surface area contributed by atoms with E-state index in [1.54, 1.807) is 12.5 Å². The van der Waals surface area contributed by atoms with Crippen LogP contribution in [0.15, 0.2) is 18.7 Å². The van der Waals surface area contributed by atoms with Gasteiger partial charge in [0.15, 0.2) is 0 Å². The van der Waals surface area contributed by atoms with Gasteiger partial charge in [-0.3, -0.25) is 4.79 Å². The van der Waals surface area contributed by atoms with Gasteiger partial charge in [-0.15, -0.1) is 0 Å². The number of hydrogen-bond acceptors (Lipinski definition) is 3. The molecule has 4 nitrogen and oxygen atoms in total. The van der Waals surface area contributed by atoms with Gasteiger partial charge >= 0.3 is 5.97 Å². The number of imidazole rings is 1. The van der Waals surface area contributed by atoms with Crippen molar-refractivity contribution in [2.75, 3.05) is 6.61 Å². The van der Waals surface area contributed by atoms with Crippen molar-refractivity contribution in [1.29, 1.82) is 0 Å². The van der Waals surface area contributed by atoms with Crippen LogP contribution < -0.4 is 0 Å². The molecule has 0 radical (unpaired) electrons. The number of carbonyl (C=O) groups is 1. The molecule has 4 heteroatoms. The highest BCUT2D eigenvalue weighted by Gasteiger charge is 2.06. The lowest BCUT2D eigenvalue weighted by molar-refractivity contribution is -0.147. The third kappa shape index (κ3) is 3.27. The van der Waals surface area contributed by atoms with Crippen LogP contribution in [-0.2, 0) is 16.1 Å². The molecule has 0 aromatic carbocycles. The Hall–Kier alpha value is -1.32. The average Bonchev–Trinajstić information content (AvgIpc) is 2.56. The lowest BCUT2D eigenvalue weighted by atomic mass is 10.2. The van der Waals surface area contributed by atoms with Gasteiger partial charge in [-0.2, -0.15) is 0 Å². The quantitative estimate of drug-likeness (QED) is 0.654. The van der Waals surface area contributed by atoms with Gasteiger partial charge in [0, 0.05) is 12.4 Å². The minimum Gasteiger partial charge on any atom is -0.464 e. The van der Waals surface area contributed by atoms with Crippen LogP contribution in [0.25, 0.3) is 0 Å². The van der Waals surface area contributed by atoms with E-state index in [9.17, 15) is 4.79 Å². The predicted molar refractivity (Wildman–Crippen MR) is 48.0 cm³/mol. The predicted octanol–water partition coefficient (Wildman–Crippen LogP) is 1.08. The highest BCUT2D eigenvalue weighted by atomic mass is 16.5. The Kier molecular flexibility index (Phi) is 3.49. The van der Waals surface area contributed by atoms with Crippen molar-refractivity contribution < 1.29 is 9.53 Å². The van der Waals surface area contributed by atoms with Crippen LogP contribution in [0.3, 0.4) is 0 Å². The molecule has 13 heavy (non-hydrogen) atoms. The fraction of sp³-hybridized carbons (Fsp3) is 0.556. The second kappa shape index (κ2) is 4.64. The van der Waals surface area contributed by atoms with E-state index >= 15 is 0 Å². The van der Waals surface area contributed by atoms with Crippen molar-refractivity contribution in [1.82, 2.24) is 9.55 Å². The van der Waals surface area contributed by atoms with E-state index in [1.165, 1.54) is 0 Å². The third-order valence-electron chi connectivity index (χ3n) is 1.62. The number of hydrogen-bond donors (Lipinski definition) is 0. The van der Waals surface area contributed by atoms with E-state index in [0.29, 0.717) is 13.2 Å². The molecule has 1 rings (SSSR count). The Labute approximate surface area is 77.5 Å². The summed E-state index contributed by atoms with van der Waals surface area (Å²) >= 11 is 0. The lowest BCUT2D eigenvalue weighted by Gasteiger charge is -2.06. The summed E-state index contributed by atoms with van der Waals surface area (Å²) < 4.78 is 6.86. The van der Waals surface area contributed by atoms with Gasteiger partial charge in [-0.05, 0) is 0 Å². The van der Waals surface area contributed by atoms with Crippen LogP contribution in [0, 0.1) is 5.92 Å². The molecule has 0 fully saturated rings. The van der Waals surface area contributed by atoms with Crippen LogP contribution in [0.4, 0.5) is 0 Å². The summed E-state index contributed by atoms with van der Waals surface area (Å²) in [6, 6.07) is 0. The molecule has 1 aromatic rings. The zero-order chi connectivity index (χ0) is 9.68. The number of esters is 1. The molecule has 0 aliphatic rings. The summed E-state index contributed by atoms with van der Waals surface area (Å²) in [4.78, 5) is 14.9. The van der Waals surface area contributed by atoms with Crippen LogP contribution in [0.2, 0.25) is 0 Å². The Morgan fingerprint density at radius 1 is 1.62 bits per heavy atom. The third-order valence-corrected chi connectivity index (χ3v) is 1.62. The van der Waals surface area contributed by atoms with Crippen molar-refractivity contribution in [3.05, 3.63) is 18.7 Å². The molecule has 0 saturated carbocycles. The second-order valence-electron chi connectivity index (χ2n) is 3.12. The summed E-state index contributed by atoms with van der Waals surface area (Å²) in [6.07, 6.45) is 5.23. The topological polar surface area (TPSA) is 44.1 Å². The molecular weight excluding hydrogens is 168 g/mol. The first kappa shape index (κ1) is 9.77. The summed E-state index contributed by atoms with van der Waals surface area (Å²) in [6.45, 7) is 4.71. The molecule has 1 aromatic heterocycles. The summed E-state index contributed by atoms with van der Waals surface area (Å²) in [5.41, 5.74) is 0. The minimum atomic E-state index is -0.153. The van der Waals surface area contributed by atoms with Crippen LogP contribution in [-0.4, -0.2) is 22.1 Å². The van der Waals surface area contributed by atoms with Crippen LogP contribution in [0.1, 0.15) is 13.8 Å². The van der Waals surface area contributed by atoms with E-state index in [4.69, 9.17) is 4.74 Å². The van der Waals surface area contributed by atoms with E-state index in [-0.39, 0.29) is 11.9 Å². The Balaban J connectivity index is 2.18. The number of ether oxygens (including phenoxy) is 1. The molecule has 72 valence electrons. The molecule has 0 N–H and O–H groups in total. The van der Waals surface area contributed by atoms with Crippen molar-refractivity contribution in [2.24, 2.45) is 5.92 Å². The summed E-state index contributed by atoms with van der Waals surface area (Å²) in [7, 11) is 0. The summed E-state index contributed by atoms with van der Waals surface area (Å²) in [5.74, 6) is -0.206. The lowest BCUT2D eigenvalue weighted by Crippen LogP contribution is -2.15. The molecule has 1 heterocycles. The monoisotopic (exact) mass is 182 g/mol.